The molecule has 4 bridgehead atoms. The lowest BCUT2D eigenvalue weighted by atomic mass is 9.54. The molecule has 0 aromatic rings. The highest BCUT2D eigenvalue weighted by Gasteiger charge is 2.53. The summed E-state index contributed by atoms with van der Waals surface area (Å²) in [5.74, 6) is 2.23. The molecule has 0 spiro atoms. The zero-order chi connectivity index (χ0) is 11.3. The van der Waals surface area contributed by atoms with Gasteiger partial charge in [-0.25, -0.2) is 0 Å². The third-order valence-electron chi connectivity index (χ3n) is 4.67. The Labute approximate surface area is 96.7 Å². The first-order chi connectivity index (χ1) is 7.56. The maximum Gasteiger partial charge on any atom is 0.323 e. The molecule has 0 unspecified atom stereocenters. The van der Waals surface area contributed by atoms with Crippen LogP contribution in [0.3, 0.4) is 0 Å². The molecule has 2 N–H and O–H groups in total. The summed E-state index contributed by atoms with van der Waals surface area (Å²) in [6.45, 7) is 1.71. The van der Waals surface area contributed by atoms with Crippen LogP contribution in [0.2, 0.25) is 0 Å². The van der Waals surface area contributed by atoms with E-state index >= 15 is 0 Å². The molecule has 4 aliphatic rings. The lowest BCUT2D eigenvalue weighted by Gasteiger charge is -2.55. The summed E-state index contributed by atoms with van der Waals surface area (Å²) in [6, 6.07) is -0.479. The van der Waals surface area contributed by atoms with Crippen LogP contribution >= 0.6 is 0 Å². The summed E-state index contributed by atoms with van der Waals surface area (Å²) < 4.78 is 5.75. The lowest BCUT2D eigenvalue weighted by Crippen LogP contribution is -2.54. The molecule has 4 saturated carbocycles. The quantitative estimate of drug-likeness (QED) is 0.727. The minimum Gasteiger partial charge on any atom is -0.458 e. The summed E-state index contributed by atoms with van der Waals surface area (Å²) in [7, 11) is 0. The van der Waals surface area contributed by atoms with Gasteiger partial charge >= 0.3 is 5.97 Å². The maximum atomic E-state index is 11.7. The Bertz CT molecular complexity index is 276. The Hall–Kier alpha value is -0.570. The van der Waals surface area contributed by atoms with Gasteiger partial charge in [0.2, 0.25) is 0 Å². The van der Waals surface area contributed by atoms with Crippen molar-refractivity contribution >= 4 is 5.97 Å². The highest BCUT2D eigenvalue weighted by Crippen LogP contribution is 2.57. The monoisotopic (exact) mass is 223 g/mol. The van der Waals surface area contributed by atoms with Crippen LogP contribution in [0.25, 0.3) is 0 Å². The van der Waals surface area contributed by atoms with E-state index < -0.39 is 6.04 Å². The Kier molecular flexibility index (Phi) is 2.29. The van der Waals surface area contributed by atoms with E-state index in [1.807, 2.05) is 0 Å². The Morgan fingerprint density at radius 3 is 2.00 bits per heavy atom. The molecule has 0 saturated heterocycles. The van der Waals surface area contributed by atoms with Crippen LogP contribution in [-0.4, -0.2) is 17.6 Å². The summed E-state index contributed by atoms with van der Waals surface area (Å²) in [6.07, 6.45) is 7.39. The Balaban J connectivity index is 1.76. The van der Waals surface area contributed by atoms with Gasteiger partial charge in [-0.15, -0.1) is 0 Å². The van der Waals surface area contributed by atoms with Gasteiger partial charge in [-0.05, 0) is 63.2 Å². The average Bonchev–Trinajstić information content (AvgIpc) is 2.13. The number of rotatable bonds is 2. The molecular formula is C13H21NO2. The van der Waals surface area contributed by atoms with Gasteiger partial charge in [-0.3, -0.25) is 4.79 Å². The van der Waals surface area contributed by atoms with Crippen molar-refractivity contribution in [1.29, 1.82) is 0 Å². The number of ether oxygens (including phenoxy) is 1. The summed E-state index contributed by atoms with van der Waals surface area (Å²) in [5.41, 5.74) is 5.47. The fourth-order valence-electron chi connectivity index (χ4n) is 4.46. The van der Waals surface area contributed by atoms with E-state index in [1.165, 1.54) is 19.3 Å². The molecule has 90 valence electrons. The first kappa shape index (κ1) is 10.6. The highest BCUT2D eigenvalue weighted by atomic mass is 16.6. The van der Waals surface area contributed by atoms with E-state index in [2.05, 4.69) is 0 Å². The van der Waals surface area contributed by atoms with Crippen LogP contribution in [0.15, 0.2) is 0 Å². The number of carbonyl (C=O) groups is 1. The number of hydrogen-bond acceptors (Lipinski definition) is 3. The topological polar surface area (TPSA) is 52.3 Å². The second-order valence-electron chi connectivity index (χ2n) is 6.31. The van der Waals surface area contributed by atoms with E-state index in [1.54, 1.807) is 6.92 Å². The zero-order valence-electron chi connectivity index (χ0n) is 9.95. The Morgan fingerprint density at radius 1 is 1.19 bits per heavy atom. The summed E-state index contributed by atoms with van der Waals surface area (Å²) in [5, 5.41) is 0. The zero-order valence-corrected chi connectivity index (χ0v) is 9.95. The molecule has 4 rings (SSSR count). The van der Waals surface area contributed by atoms with E-state index in [9.17, 15) is 4.79 Å². The van der Waals surface area contributed by atoms with Gasteiger partial charge in [-0.2, -0.15) is 0 Å². The number of carbonyl (C=O) groups excluding carboxylic acids is 1. The molecule has 1 atom stereocenters. The normalized spacial score (nSPS) is 46.8. The van der Waals surface area contributed by atoms with Crippen LogP contribution in [0.4, 0.5) is 0 Å². The van der Waals surface area contributed by atoms with Crippen molar-refractivity contribution in [1.82, 2.24) is 0 Å². The maximum absolute atomic E-state index is 11.7. The van der Waals surface area contributed by atoms with Crippen LogP contribution in [0.5, 0.6) is 0 Å². The first-order valence-electron chi connectivity index (χ1n) is 6.55. The molecule has 0 radical (unpaired) electrons. The molecule has 4 fully saturated rings. The smallest absolute Gasteiger partial charge is 0.323 e. The average molecular weight is 223 g/mol. The SMILES string of the molecule is C[C@@H](N)C(=O)OC12CC3CC(CC(C3)C1)C2. The third-order valence-corrected chi connectivity index (χ3v) is 4.67. The van der Waals surface area contributed by atoms with Gasteiger partial charge in [0.05, 0.1) is 0 Å². The van der Waals surface area contributed by atoms with Gasteiger partial charge in [0.25, 0.3) is 0 Å². The van der Waals surface area contributed by atoms with Gasteiger partial charge in [0.15, 0.2) is 0 Å². The van der Waals surface area contributed by atoms with Crippen molar-refractivity contribution in [2.75, 3.05) is 0 Å². The van der Waals surface area contributed by atoms with Crippen molar-refractivity contribution in [3.8, 4) is 0 Å². The van der Waals surface area contributed by atoms with Crippen molar-refractivity contribution in [2.24, 2.45) is 23.5 Å². The van der Waals surface area contributed by atoms with E-state index in [4.69, 9.17) is 10.5 Å². The molecule has 0 aromatic heterocycles. The summed E-state index contributed by atoms with van der Waals surface area (Å²) in [4.78, 5) is 11.7. The van der Waals surface area contributed by atoms with Gasteiger partial charge in [0.1, 0.15) is 11.6 Å². The van der Waals surface area contributed by atoms with Crippen molar-refractivity contribution in [2.45, 2.75) is 57.1 Å². The molecule has 0 aromatic carbocycles. The third kappa shape index (κ3) is 1.65. The predicted octanol–water partition coefficient (Wildman–Crippen LogP) is 1.85. The number of esters is 1. The van der Waals surface area contributed by atoms with Crippen LogP contribution in [0.1, 0.15) is 45.4 Å². The van der Waals surface area contributed by atoms with Crippen molar-refractivity contribution in [3.63, 3.8) is 0 Å². The molecule has 4 aliphatic carbocycles. The van der Waals surface area contributed by atoms with Gasteiger partial charge in [0, 0.05) is 0 Å². The molecule has 0 amide bonds. The molecule has 16 heavy (non-hydrogen) atoms. The minimum atomic E-state index is -0.479. The van der Waals surface area contributed by atoms with Crippen LogP contribution in [0, 0.1) is 17.8 Å². The fourth-order valence-corrected chi connectivity index (χ4v) is 4.46. The van der Waals surface area contributed by atoms with E-state index in [0.29, 0.717) is 0 Å². The molecule has 3 nitrogen and oxygen atoms in total. The van der Waals surface area contributed by atoms with E-state index in [0.717, 1.165) is 37.0 Å². The second kappa shape index (κ2) is 3.46. The minimum absolute atomic E-state index is 0.126. The van der Waals surface area contributed by atoms with Crippen LogP contribution < -0.4 is 5.73 Å². The molecule has 0 aliphatic heterocycles. The predicted molar refractivity (Wildman–Crippen MR) is 60.6 cm³/mol. The van der Waals surface area contributed by atoms with Crippen LogP contribution in [-0.2, 0) is 9.53 Å². The molecule has 3 heteroatoms. The van der Waals surface area contributed by atoms with Gasteiger partial charge < -0.3 is 10.5 Å². The first-order valence-corrected chi connectivity index (χ1v) is 6.55. The number of hydrogen-bond donors (Lipinski definition) is 1. The van der Waals surface area contributed by atoms with E-state index in [-0.39, 0.29) is 11.6 Å². The van der Waals surface area contributed by atoms with Crippen molar-refractivity contribution in [3.05, 3.63) is 0 Å². The fraction of sp³-hybridized carbons (Fsp3) is 0.923. The highest BCUT2D eigenvalue weighted by molar-refractivity contribution is 5.75. The second-order valence-corrected chi connectivity index (χ2v) is 6.31. The molecular weight excluding hydrogens is 202 g/mol. The largest absolute Gasteiger partial charge is 0.458 e. The number of nitrogens with two attached hydrogens (primary N) is 1. The Morgan fingerprint density at radius 2 is 1.62 bits per heavy atom. The van der Waals surface area contributed by atoms with Gasteiger partial charge in [-0.1, -0.05) is 0 Å². The lowest BCUT2D eigenvalue weighted by molar-refractivity contribution is -0.187. The standard InChI is InChI=1S/C13H21NO2/c1-8(14)12(15)16-13-5-9-2-10(6-13)4-11(3-9)7-13/h8-11H,2-7,14H2,1H3/t8-,9?,10?,11?,13?/m1/s1. The molecule has 0 heterocycles. The summed E-state index contributed by atoms with van der Waals surface area (Å²) >= 11 is 0. The van der Waals surface area contributed by atoms with Crippen molar-refractivity contribution < 1.29 is 9.53 Å².